The highest BCUT2D eigenvalue weighted by atomic mass is 32.1. The predicted molar refractivity (Wildman–Crippen MR) is 105 cm³/mol. The molecule has 28 heavy (non-hydrogen) atoms. The fraction of sp³-hybridized carbons (Fsp3) is 0.167. The molecule has 4 rings (SSSR count). The largest absolute Gasteiger partial charge is 0.496 e. The van der Waals surface area contributed by atoms with Crippen molar-refractivity contribution < 1.29 is 14.3 Å². The van der Waals surface area contributed by atoms with Crippen molar-refractivity contribution in [3.05, 3.63) is 42.0 Å². The van der Waals surface area contributed by atoms with Crippen LogP contribution in [0, 0.1) is 6.92 Å². The van der Waals surface area contributed by atoms with Crippen LogP contribution < -0.4 is 14.8 Å². The molecule has 9 nitrogen and oxygen atoms in total. The van der Waals surface area contributed by atoms with E-state index < -0.39 is 0 Å². The fourth-order valence-electron chi connectivity index (χ4n) is 2.87. The number of H-pyrrole nitrogens is 1. The minimum atomic E-state index is -0.365. The molecular formula is C18H16N6O3S. The van der Waals surface area contributed by atoms with Gasteiger partial charge in [-0.3, -0.25) is 15.1 Å². The number of carbonyl (C=O) groups excluding carboxylic acids is 1. The molecule has 0 bridgehead atoms. The highest BCUT2D eigenvalue weighted by Crippen LogP contribution is 2.38. The van der Waals surface area contributed by atoms with Gasteiger partial charge in [0.05, 0.1) is 42.7 Å². The number of methoxy groups -OCH3 is 2. The van der Waals surface area contributed by atoms with E-state index in [1.165, 1.54) is 13.3 Å². The highest BCUT2D eigenvalue weighted by molar-refractivity contribution is 7.17. The van der Waals surface area contributed by atoms with Gasteiger partial charge >= 0.3 is 0 Å². The number of hydrogen-bond acceptors (Lipinski definition) is 8. The molecule has 0 saturated carbocycles. The average Bonchev–Trinajstić information content (AvgIpc) is 3.35. The molecule has 2 N–H and O–H groups in total. The smallest absolute Gasteiger partial charge is 0.295 e. The Hall–Kier alpha value is -3.53. The van der Waals surface area contributed by atoms with E-state index in [9.17, 15) is 4.79 Å². The zero-order chi connectivity index (χ0) is 19.7. The van der Waals surface area contributed by atoms with Gasteiger partial charge in [-0.2, -0.15) is 0 Å². The Kier molecular flexibility index (Phi) is 4.62. The molecule has 3 aromatic heterocycles. The van der Waals surface area contributed by atoms with E-state index >= 15 is 0 Å². The van der Waals surface area contributed by atoms with Crippen LogP contribution in [-0.4, -0.2) is 45.3 Å². The van der Waals surface area contributed by atoms with Gasteiger partial charge in [-0.25, -0.2) is 4.98 Å². The van der Waals surface area contributed by atoms with Crippen LogP contribution in [0.5, 0.6) is 10.9 Å². The molecule has 0 atom stereocenters. The molecule has 3 heterocycles. The van der Waals surface area contributed by atoms with E-state index in [-0.39, 0.29) is 5.91 Å². The van der Waals surface area contributed by atoms with Crippen LogP contribution in [-0.2, 0) is 0 Å². The Morgan fingerprint density at radius 1 is 1.18 bits per heavy atom. The number of amides is 1. The van der Waals surface area contributed by atoms with Gasteiger partial charge in [-0.05, 0) is 36.5 Å². The van der Waals surface area contributed by atoms with E-state index in [2.05, 4.69) is 30.5 Å². The number of nitrogens with zero attached hydrogens (tertiary/aromatic N) is 4. The van der Waals surface area contributed by atoms with E-state index in [0.29, 0.717) is 38.3 Å². The van der Waals surface area contributed by atoms with Crippen molar-refractivity contribution in [3.63, 3.8) is 0 Å². The number of anilines is 1. The molecule has 142 valence electrons. The first-order valence-corrected chi connectivity index (χ1v) is 9.08. The third-order valence-electron chi connectivity index (χ3n) is 4.13. The molecule has 4 aromatic rings. The van der Waals surface area contributed by atoms with Gasteiger partial charge in [0.2, 0.25) is 5.13 Å². The number of pyridine rings is 1. The third-order valence-corrected chi connectivity index (χ3v) is 4.93. The normalized spacial score (nSPS) is 10.8. The Morgan fingerprint density at radius 3 is 2.79 bits per heavy atom. The first-order valence-electron chi connectivity index (χ1n) is 8.26. The minimum absolute atomic E-state index is 0.332. The molecule has 10 heteroatoms. The molecule has 1 amide bonds. The van der Waals surface area contributed by atoms with Crippen molar-refractivity contribution in [2.75, 3.05) is 19.5 Å². The lowest BCUT2D eigenvalue weighted by Gasteiger charge is -2.14. The molecule has 0 aliphatic heterocycles. The summed E-state index contributed by atoms with van der Waals surface area (Å²) >= 11 is 1.13. The van der Waals surface area contributed by atoms with Crippen LogP contribution in [0.15, 0.2) is 30.7 Å². The molecular weight excluding hydrogens is 380 g/mol. The number of imidazole rings is 1. The molecule has 0 saturated heterocycles. The summed E-state index contributed by atoms with van der Waals surface area (Å²) in [5.74, 6) is 0.243. The van der Waals surface area contributed by atoms with E-state index in [1.54, 1.807) is 13.4 Å². The second-order valence-corrected chi connectivity index (χ2v) is 6.78. The van der Waals surface area contributed by atoms with Crippen molar-refractivity contribution in [2.24, 2.45) is 0 Å². The SMILES string of the molecule is COc1nnc(NC(=O)c2cnc(C)cc2-c2c(OC)ccc3[nH]cnc23)s1. The van der Waals surface area contributed by atoms with Crippen molar-refractivity contribution in [1.29, 1.82) is 0 Å². The molecule has 0 unspecified atom stereocenters. The third kappa shape index (κ3) is 3.14. The Morgan fingerprint density at radius 2 is 2.04 bits per heavy atom. The van der Waals surface area contributed by atoms with E-state index in [0.717, 1.165) is 22.5 Å². The van der Waals surface area contributed by atoms with Crippen molar-refractivity contribution in [3.8, 4) is 22.1 Å². The van der Waals surface area contributed by atoms with Gasteiger partial charge in [-0.15, -0.1) is 5.10 Å². The van der Waals surface area contributed by atoms with Gasteiger partial charge in [0.15, 0.2) is 0 Å². The number of carbonyl (C=O) groups is 1. The topological polar surface area (TPSA) is 115 Å². The molecule has 0 aliphatic rings. The summed E-state index contributed by atoms with van der Waals surface area (Å²) in [6.07, 6.45) is 3.14. The maximum Gasteiger partial charge on any atom is 0.295 e. The second kappa shape index (κ2) is 7.24. The zero-order valence-corrected chi connectivity index (χ0v) is 16.1. The Balaban J connectivity index is 1.84. The predicted octanol–water partition coefficient (Wildman–Crippen LogP) is 3.05. The lowest BCUT2D eigenvalue weighted by atomic mass is 9.97. The number of hydrogen-bond donors (Lipinski definition) is 2. The molecule has 0 spiro atoms. The zero-order valence-electron chi connectivity index (χ0n) is 15.3. The van der Waals surface area contributed by atoms with E-state index in [4.69, 9.17) is 9.47 Å². The van der Waals surface area contributed by atoms with Gasteiger partial charge in [0, 0.05) is 17.5 Å². The first-order chi connectivity index (χ1) is 13.6. The quantitative estimate of drug-likeness (QED) is 0.533. The summed E-state index contributed by atoms with van der Waals surface area (Å²) in [4.78, 5) is 24.7. The lowest BCUT2D eigenvalue weighted by Crippen LogP contribution is -2.14. The molecule has 0 fully saturated rings. The number of rotatable bonds is 5. The maximum absolute atomic E-state index is 13.0. The summed E-state index contributed by atoms with van der Waals surface area (Å²) in [6.45, 7) is 1.86. The molecule has 0 aliphatic carbocycles. The number of nitrogens with one attached hydrogen (secondary N) is 2. The highest BCUT2D eigenvalue weighted by Gasteiger charge is 2.21. The minimum Gasteiger partial charge on any atom is -0.496 e. The summed E-state index contributed by atoms with van der Waals surface area (Å²) in [6, 6.07) is 5.55. The van der Waals surface area contributed by atoms with Gasteiger partial charge < -0.3 is 14.5 Å². The number of aromatic nitrogens is 5. The van der Waals surface area contributed by atoms with Crippen LogP contribution in [0.2, 0.25) is 0 Å². The fourth-order valence-corrected chi connectivity index (χ4v) is 3.43. The lowest BCUT2D eigenvalue weighted by molar-refractivity contribution is 0.102. The maximum atomic E-state index is 13.0. The van der Waals surface area contributed by atoms with Crippen molar-refractivity contribution >= 4 is 33.4 Å². The number of fused-ring (bicyclic) bond motifs is 1. The van der Waals surface area contributed by atoms with Crippen LogP contribution in [0.25, 0.3) is 22.2 Å². The van der Waals surface area contributed by atoms with Crippen LogP contribution in [0.3, 0.4) is 0 Å². The Labute approximate surface area is 163 Å². The monoisotopic (exact) mass is 396 g/mol. The van der Waals surface area contributed by atoms with Crippen molar-refractivity contribution in [1.82, 2.24) is 25.1 Å². The summed E-state index contributed by atoms with van der Waals surface area (Å²) < 4.78 is 10.6. The van der Waals surface area contributed by atoms with Crippen LogP contribution in [0.1, 0.15) is 16.1 Å². The number of ether oxygens (including phenoxy) is 2. The second-order valence-electron chi connectivity index (χ2n) is 5.84. The Bertz CT molecular complexity index is 1170. The number of aromatic amines is 1. The number of benzene rings is 1. The van der Waals surface area contributed by atoms with Crippen LogP contribution in [0.4, 0.5) is 5.13 Å². The standard InChI is InChI=1S/C18H16N6O3S/c1-9-6-10(14-13(26-2)5-4-12-15(14)21-8-20-12)11(7-19-9)16(25)22-17-23-24-18(27-3)28-17/h4-8H,1-3H3,(H,20,21)(H,22,23,25). The summed E-state index contributed by atoms with van der Waals surface area (Å²) in [5.41, 5.74) is 4.05. The van der Waals surface area contributed by atoms with Crippen LogP contribution >= 0.6 is 11.3 Å². The molecule has 1 aromatic carbocycles. The average molecular weight is 396 g/mol. The first kappa shape index (κ1) is 17.9. The van der Waals surface area contributed by atoms with Gasteiger partial charge in [0.25, 0.3) is 11.1 Å². The van der Waals surface area contributed by atoms with E-state index in [1.807, 2.05) is 25.1 Å². The van der Waals surface area contributed by atoms with Crippen molar-refractivity contribution in [2.45, 2.75) is 6.92 Å². The summed E-state index contributed by atoms with van der Waals surface area (Å²) in [5, 5.41) is 11.1. The summed E-state index contributed by atoms with van der Waals surface area (Å²) in [7, 11) is 3.07. The molecule has 0 radical (unpaired) electrons. The van der Waals surface area contributed by atoms with Gasteiger partial charge in [-0.1, -0.05) is 5.10 Å². The van der Waals surface area contributed by atoms with Gasteiger partial charge in [0.1, 0.15) is 5.75 Å². The number of aryl methyl sites for hydroxylation is 1.